The molecule has 0 amide bonds. The van der Waals surface area contributed by atoms with Gasteiger partial charge >= 0.3 is 0 Å². The first-order valence-corrected chi connectivity index (χ1v) is 13.9. The standard InChI is InChI=1S/C30H50O/c1-24(2)13-14-26(5)15-16-27(6)21-10-9-20-25(3,4)23-11-12-30(20,31-23)29(21,8)18-17-28(27,7)22(26)19-24/h20-23H,9-19H2,1-8H3/t20-,21-,22+,23+,26-,27-,28+,29-,30-/m1/s1. The van der Waals surface area contributed by atoms with E-state index in [4.69, 9.17) is 4.74 Å². The van der Waals surface area contributed by atoms with Gasteiger partial charge in [0.05, 0.1) is 11.7 Å². The average molecular weight is 427 g/mol. The number of ether oxygens (including phenoxy) is 1. The second-order valence-corrected chi connectivity index (χ2v) is 15.9. The summed E-state index contributed by atoms with van der Waals surface area (Å²) in [7, 11) is 0. The highest BCUT2D eigenvalue weighted by molar-refractivity contribution is 5.26. The smallest absolute Gasteiger partial charge is 0.0777 e. The van der Waals surface area contributed by atoms with Gasteiger partial charge in [0.15, 0.2) is 0 Å². The molecular formula is C30H50O. The van der Waals surface area contributed by atoms with Crippen LogP contribution in [0.5, 0.6) is 0 Å². The van der Waals surface area contributed by atoms with Crippen LogP contribution >= 0.6 is 0 Å². The zero-order valence-electron chi connectivity index (χ0n) is 22.0. The molecule has 6 fully saturated rings. The Labute approximate surface area is 192 Å². The fraction of sp³-hybridized carbons (Fsp3) is 1.00. The SMILES string of the molecule is CC1(C)CC[C@]2(C)CC[C@]3(C)[C@H]4CC[C@@H]5C(C)(C)[C@@H]6CC[C@]5(O6)[C@]4(C)CC[C@@]3(C)[C@H]2C1. The second kappa shape index (κ2) is 5.78. The van der Waals surface area contributed by atoms with Gasteiger partial charge in [0.25, 0.3) is 0 Å². The summed E-state index contributed by atoms with van der Waals surface area (Å²) in [5.74, 6) is 2.53. The zero-order chi connectivity index (χ0) is 22.3. The van der Waals surface area contributed by atoms with Crippen LogP contribution in [-0.2, 0) is 4.74 Å². The van der Waals surface area contributed by atoms with Gasteiger partial charge in [0.2, 0.25) is 0 Å². The largest absolute Gasteiger partial charge is 0.370 e. The Balaban J connectivity index is 1.43. The Hall–Kier alpha value is -0.0400. The van der Waals surface area contributed by atoms with Gasteiger partial charge in [-0.05, 0) is 115 Å². The molecule has 0 N–H and O–H groups in total. The molecule has 4 saturated carbocycles. The molecular weight excluding hydrogens is 376 g/mol. The van der Waals surface area contributed by atoms with Crippen LogP contribution in [0.25, 0.3) is 0 Å². The van der Waals surface area contributed by atoms with Crippen molar-refractivity contribution in [3.8, 4) is 0 Å². The molecule has 0 aromatic heterocycles. The molecule has 31 heavy (non-hydrogen) atoms. The van der Waals surface area contributed by atoms with Crippen LogP contribution in [0, 0.1) is 50.2 Å². The topological polar surface area (TPSA) is 9.23 Å². The van der Waals surface area contributed by atoms with Gasteiger partial charge in [-0.25, -0.2) is 0 Å². The van der Waals surface area contributed by atoms with E-state index in [0.29, 0.717) is 38.6 Å². The van der Waals surface area contributed by atoms with E-state index in [1.54, 1.807) is 0 Å². The van der Waals surface area contributed by atoms with Crippen LogP contribution in [-0.4, -0.2) is 11.7 Å². The predicted molar refractivity (Wildman–Crippen MR) is 129 cm³/mol. The molecule has 1 heteroatoms. The van der Waals surface area contributed by atoms with Crippen LogP contribution in [0.15, 0.2) is 0 Å². The number of rotatable bonds is 0. The third kappa shape index (κ3) is 2.25. The minimum atomic E-state index is 0.182. The highest BCUT2D eigenvalue weighted by atomic mass is 16.5. The van der Waals surface area contributed by atoms with Crippen molar-refractivity contribution in [2.45, 2.75) is 138 Å². The lowest BCUT2D eigenvalue weighted by molar-refractivity contribution is -0.273. The molecule has 2 bridgehead atoms. The lowest BCUT2D eigenvalue weighted by atomic mass is 9.30. The summed E-state index contributed by atoms with van der Waals surface area (Å²) in [6.07, 6.45) is 16.2. The first-order chi connectivity index (χ1) is 14.2. The Morgan fingerprint density at radius 1 is 0.548 bits per heavy atom. The van der Waals surface area contributed by atoms with E-state index >= 15 is 0 Å². The molecule has 4 aliphatic carbocycles. The van der Waals surface area contributed by atoms with E-state index < -0.39 is 0 Å². The van der Waals surface area contributed by atoms with Crippen molar-refractivity contribution in [2.24, 2.45) is 50.2 Å². The molecule has 0 unspecified atom stereocenters. The minimum absolute atomic E-state index is 0.182. The molecule has 0 radical (unpaired) electrons. The Bertz CT molecular complexity index is 796. The molecule has 6 aliphatic rings. The first kappa shape index (κ1) is 21.5. The highest BCUT2D eigenvalue weighted by Gasteiger charge is 2.77. The van der Waals surface area contributed by atoms with Crippen LogP contribution in [0.2, 0.25) is 0 Å². The average Bonchev–Trinajstić information content (AvgIpc) is 3.22. The molecule has 0 aromatic carbocycles. The highest BCUT2D eigenvalue weighted by Crippen LogP contribution is 2.80. The molecule has 6 rings (SSSR count). The lowest BCUT2D eigenvalue weighted by Gasteiger charge is -2.74. The monoisotopic (exact) mass is 426 g/mol. The Morgan fingerprint density at radius 2 is 1.13 bits per heavy atom. The Morgan fingerprint density at radius 3 is 1.87 bits per heavy atom. The molecule has 1 spiro atoms. The van der Waals surface area contributed by atoms with Crippen molar-refractivity contribution in [1.82, 2.24) is 0 Å². The minimum Gasteiger partial charge on any atom is -0.370 e. The zero-order valence-corrected chi connectivity index (χ0v) is 22.0. The van der Waals surface area contributed by atoms with Crippen molar-refractivity contribution in [2.75, 3.05) is 0 Å². The maximum atomic E-state index is 7.17. The van der Waals surface area contributed by atoms with Crippen molar-refractivity contribution < 1.29 is 4.74 Å². The van der Waals surface area contributed by atoms with Gasteiger partial charge in [0.1, 0.15) is 0 Å². The summed E-state index contributed by atoms with van der Waals surface area (Å²) in [6.45, 7) is 21.2. The summed E-state index contributed by atoms with van der Waals surface area (Å²) in [6, 6.07) is 0. The van der Waals surface area contributed by atoms with Crippen LogP contribution in [0.4, 0.5) is 0 Å². The molecule has 2 aliphatic heterocycles. The fourth-order valence-corrected chi connectivity index (χ4v) is 11.9. The third-order valence-corrected chi connectivity index (χ3v) is 14.1. The molecule has 0 aromatic rings. The van der Waals surface area contributed by atoms with Gasteiger partial charge in [-0.15, -0.1) is 0 Å². The van der Waals surface area contributed by atoms with Gasteiger partial charge < -0.3 is 4.74 Å². The number of fused-ring (bicyclic) bond motifs is 6. The van der Waals surface area contributed by atoms with Gasteiger partial charge in [0, 0.05) is 5.41 Å². The maximum absolute atomic E-state index is 7.17. The number of hydrogen-bond donors (Lipinski definition) is 0. The maximum Gasteiger partial charge on any atom is 0.0777 e. The van der Waals surface area contributed by atoms with E-state index in [1.165, 1.54) is 70.6 Å². The Kier molecular flexibility index (Phi) is 4.00. The van der Waals surface area contributed by atoms with Gasteiger partial charge in [-0.1, -0.05) is 55.4 Å². The molecule has 2 saturated heterocycles. The van der Waals surface area contributed by atoms with E-state index in [-0.39, 0.29) is 5.60 Å². The summed E-state index contributed by atoms with van der Waals surface area (Å²) in [4.78, 5) is 0. The summed E-state index contributed by atoms with van der Waals surface area (Å²) in [5.41, 5.74) is 3.03. The summed E-state index contributed by atoms with van der Waals surface area (Å²) < 4.78 is 7.17. The van der Waals surface area contributed by atoms with E-state index in [2.05, 4.69) is 55.4 Å². The molecule has 1 nitrogen and oxygen atoms in total. The van der Waals surface area contributed by atoms with Gasteiger partial charge in [-0.2, -0.15) is 0 Å². The van der Waals surface area contributed by atoms with E-state index in [1.807, 2.05) is 0 Å². The van der Waals surface area contributed by atoms with Crippen LogP contribution < -0.4 is 0 Å². The van der Waals surface area contributed by atoms with Crippen LogP contribution in [0.3, 0.4) is 0 Å². The van der Waals surface area contributed by atoms with Crippen molar-refractivity contribution in [3.63, 3.8) is 0 Å². The summed E-state index contributed by atoms with van der Waals surface area (Å²) >= 11 is 0. The predicted octanol–water partition coefficient (Wildman–Crippen LogP) is 8.41. The van der Waals surface area contributed by atoms with Crippen molar-refractivity contribution >= 4 is 0 Å². The van der Waals surface area contributed by atoms with Crippen molar-refractivity contribution in [3.05, 3.63) is 0 Å². The van der Waals surface area contributed by atoms with E-state index in [0.717, 1.165) is 17.8 Å². The number of hydrogen-bond acceptors (Lipinski definition) is 1. The normalized spacial score (nSPS) is 61.2. The summed E-state index contributed by atoms with van der Waals surface area (Å²) in [5, 5.41) is 0. The third-order valence-electron chi connectivity index (χ3n) is 14.1. The molecule has 9 atom stereocenters. The fourth-order valence-electron chi connectivity index (χ4n) is 11.9. The first-order valence-electron chi connectivity index (χ1n) is 13.9. The van der Waals surface area contributed by atoms with Gasteiger partial charge in [-0.3, -0.25) is 0 Å². The molecule has 176 valence electrons. The quantitative estimate of drug-likeness (QED) is 0.378. The van der Waals surface area contributed by atoms with E-state index in [9.17, 15) is 0 Å². The lowest BCUT2D eigenvalue weighted by Crippen LogP contribution is -2.70. The molecule has 2 heterocycles. The van der Waals surface area contributed by atoms with Crippen LogP contribution in [0.1, 0.15) is 126 Å². The van der Waals surface area contributed by atoms with Crippen molar-refractivity contribution in [1.29, 1.82) is 0 Å². The second-order valence-electron chi connectivity index (χ2n) is 15.9.